The summed E-state index contributed by atoms with van der Waals surface area (Å²) in [5.41, 5.74) is 1.03. The van der Waals surface area contributed by atoms with E-state index in [9.17, 15) is 0 Å². The summed E-state index contributed by atoms with van der Waals surface area (Å²) in [4.78, 5) is 4.48. The molecule has 0 amide bonds. The van der Waals surface area contributed by atoms with Crippen LogP contribution in [0.1, 0.15) is 5.56 Å². The molecule has 0 aliphatic carbocycles. The SMILES string of the molecule is NOCCc1c(Cl)cccc1Br. The summed E-state index contributed by atoms with van der Waals surface area (Å²) in [6, 6.07) is 5.68. The van der Waals surface area contributed by atoms with Crippen LogP contribution in [0, 0.1) is 0 Å². The summed E-state index contributed by atoms with van der Waals surface area (Å²) in [5.74, 6) is 4.92. The minimum absolute atomic E-state index is 0.475. The molecule has 4 heteroatoms. The van der Waals surface area contributed by atoms with Crippen molar-refractivity contribution in [2.45, 2.75) is 6.42 Å². The van der Waals surface area contributed by atoms with E-state index in [-0.39, 0.29) is 0 Å². The highest BCUT2D eigenvalue weighted by molar-refractivity contribution is 9.10. The first-order valence-corrected chi connectivity index (χ1v) is 4.67. The zero-order valence-corrected chi connectivity index (χ0v) is 8.73. The van der Waals surface area contributed by atoms with Crippen LogP contribution in [-0.4, -0.2) is 6.61 Å². The van der Waals surface area contributed by atoms with Crippen LogP contribution < -0.4 is 5.90 Å². The lowest BCUT2D eigenvalue weighted by Gasteiger charge is -2.04. The van der Waals surface area contributed by atoms with Gasteiger partial charge in [-0.1, -0.05) is 33.6 Å². The zero-order valence-electron chi connectivity index (χ0n) is 6.39. The molecule has 2 nitrogen and oxygen atoms in total. The summed E-state index contributed by atoms with van der Waals surface area (Å²) >= 11 is 9.34. The molecular formula is C8H9BrClNO. The van der Waals surface area contributed by atoms with E-state index in [0.29, 0.717) is 6.61 Å². The van der Waals surface area contributed by atoms with Crippen molar-refractivity contribution >= 4 is 27.5 Å². The van der Waals surface area contributed by atoms with Crippen LogP contribution in [0.5, 0.6) is 0 Å². The third-order valence-corrected chi connectivity index (χ3v) is 2.63. The van der Waals surface area contributed by atoms with E-state index in [4.69, 9.17) is 17.5 Å². The Morgan fingerprint density at radius 1 is 1.50 bits per heavy atom. The van der Waals surface area contributed by atoms with Crippen molar-refractivity contribution in [1.82, 2.24) is 0 Å². The van der Waals surface area contributed by atoms with Gasteiger partial charge in [0, 0.05) is 15.9 Å². The van der Waals surface area contributed by atoms with Crippen LogP contribution in [0.25, 0.3) is 0 Å². The average Bonchev–Trinajstić information content (AvgIpc) is 2.04. The maximum absolute atomic E-state index is 5.94. The summed E-state index contributed by atoms with van der Waals surface area (Å²) in [5, 5.41) is 0.737. The van der Waals surface area contributed by atoms with Crippen LogP contribution in [0.2, 0.25) is 5.02 Å². The van der Waals surface area contributed by atoms with Crippen LogP contribution in [0.3, 0.4) is 0 Å². The van der Waals surface area contributed by atoms with Crippen molar-refractivity contribution in [1.29, 1.82) is 0 Å². The van der Waals surface area contributed by atoms with Crippen LogP contribution >= 0.6 is 27.5 Å². The molecule has 0 saturated heterocycles. The fourth-order valence-corrected chi connectivity index (χ4v) is 1.88. The predicted octanol–water partition coefficient (Wildman–Crippen LogP) is 2.54. The quantitative estimate of drug-likeness (QED) is 0.837. The minimum Gasteiger partial charge on any atom is -0.304 e. The van der Waals surface area contributed by atoms with E-state index in [1.807, 2.05) is 18.2 Å². The summed E-state index contributed by atoms with van der Waals surface area (Å²) in [7, 11) is 0. The molecule has 66 valence electrons. The van der Waals surface area contributed by atoms with E-state index in [1.54, 1.807) is 0 Å². The van der Waals surface area contributed by atoms with Gasteiger partial charge in [-0.05, 0) is 17.7 Å². The number of hydrogen-bond acceptors (Lipinski definition) is 2. The summed E-state index contributed by atoms with van der Waals surface area (Å²) in [6.07, 6.45) is 0.719. The van der Waals surface area contributed by atoms with E-state index in [2.05, 4.69) is 20.8 Å². The first kappa shape index (κ1) is 9.99. The molecule has 12 heavy (non-hydrogen) atoms. The van der Waals surface area contributed by atoms with Gasteiger partial charge >= 0.3 is 0 Å². The van der Waals surface area contributed by atoms with Crippen molar-refractivity contribution < 1.29 is 4.84 Å². The molecular weight excluding hydrogens is 241 g/mol. The lowest BCUT2D eigenvalue weighted by molar-refractivity contribution is 0.141. The fourth-order valence-electron chi connectivity index (χ4n) is 0.932. The molecule has 0 radical (unpaired) electrons. The highest BCUT2D eigenvalue weighted by Gasteiger charge is 2.03. The average molecular weight is 251 g/mol. The van der Waals surface area contributed by atoms with Gasteiger partial charge < -0.3 is 4.84 Å². The van der Waals surface area contributed by atoms with Crippen molar-refractivity contribution in [2.24, 2.45) is 5.90 Å². The van der Waals surface area contributed by atoms with Gasteiger partial charge in [0.2, 0.25) is 0 Å². The molecule has 2 N–H and O–H groups in total. The molecule has 0 spiro atoms. The number of benzene rings is 1. The third-order valence-electron chi connectivity index (χ3n) is 1.53. The van der Waals surface area contributed by atoms with Gasteiger partial charge in [-0.25, -0.2) is 5.90 Å². The summed E-state index contributed by atoms with van der Waals surface area (Å²) < 4.78 is 0.993. The molecule has 1 aromatic carbocycles. The maximum Gasteiger partial charge on any atom is 0.0720 e. The molecule has 1 rings (SSSR count). The Morgan fingerprint density at radius 3 is 2.83 bits per heavy atom. The van der Waals surface area contributed by atoms with Gasteiger partial charge in [0.1, 0.15) is 0 Å². The maximum atomic E-state index is 5.94. The van der Waals surface area contributed by atoms with Crippen molar-refractivity contribution in [2.75, 3.05) is 6.61 Å². The Labute approximate surface area is 84.7 Å². The van der Waals surface area contributed by atoms with Crippen LogP contribution in [-0.2, 0) is 11.3 Å². The van der Waals surface area contributed by atoms with Crippen molar-refractivity contribution in [3.63, 3.8) is 0 Å². The second-order valence-electron chi connectivity index (χ2n) is 2.32. The molecule has 0 bridgehead atoms. The van der Waals surface area contributed by atoms with Crippen molar-refractivity contribution in [3.05, 3.63) is 33.3 Å². The molecule has 1 aromatic rings. The molecule has 0 aliphatic heterocycles. The molecule has 0 heterocycles. The standard InChI is InChI=1S/C8H9BrClNO/c9-7-2-1-3-8(10)6(7)4-5-12-11/h1-3H,4-5,11H2. The van der Waals surface area contributed by atoms with Crippen LogP contribution in [0.4, 0.5) is 0 Å². The lowest BCUT2D eigenvalue weighted by Crippen LogP contribution is -2.04. The highest BCUT2D eigenvalue weighted by atomic mass is 79.9. The Bertz CT molecular complexity index is 247. The first-order chi connectivity index (χ1) is 5.75. The smallest absolute Gasteiger partial charge is 0.0720 e. The monoisotopic (exact) mass is 249 g/mol. The lowest BCUT2D eigenvalue weighted by atomic mass is 10.2. The van der Waals surface area contributed by atoms with Gasteiger partial charge in [0.05, 0.1) is 6.61 Å². The number of rotatable bonds is 3. The number of halogens is 2. The highest BCUT2D eigenvalue weighted by Crippen LogP contribution is 2.24. The van der Waals surface area contributed by atoms with E-state index < -0.39 is 0 Å². The van der Waals surface area contributed by atoms with Gasteiger partial charge in [0.25, 0.3) is 0 Å². The third kappa shape index (κ3) is 2.45. The minimum atomic E-state index is 0.475. The number of nitrogens with two attached hydrogens (primary N) is 1. The van der Waals surface area contributed by atoms with E-state index >= 15 is 0 Å². The van der Waals surface area contributed by atoms with Gasteiger partial charge in [0.15, 0.2) is 0 Å². The second kappa shape index (κ2) is 4.82. The Morgan fingerprint density at radius 2 is 2.25 bits per heavy atom. The molecule has 0 atom stereocenters. The fraction of sp³-hybridized carbons (Fsp3) is 0.250. The molecule has 0 aliphatic rings. The van der Waals surface area contributed by atoms with Crippen molar-refractivity contribution in [3.8, 4) is 0 Å². The van der Waals surface area contributed by atoms with Gasteiger partial charge in [-0.2, -0.15) is 0 Å². The first-order valence-electron chi connectivity index (χ1n) is 3.50. The topological polar surface area (TPSA) is 35.2 Å². The van der Waals surface area contributed by atoms with Gasteiger partial charge in [-0.15, -0.1) is 0 Å². The second-order valence-corrected chi connectivity index (χ2v) is 3.58. The predicted molar refractivity (Wildman–Crippen MR) is 53.0 cm³/mol. The Balaban J connectivity index is 2.81. The normalized spacial score (nSPS) is 10.2. The van der Waals surface area contributed by atoms with Crippen LogP contribution in [0.15, 0.2) is 22.7 Å². The molecule has 0 saturated carbocycles. The summed E-state index contributed by atoms with van der Waals surface area (Å²) in [6.45, 7) is 0.475. The Kier molecular flexibility index (Phi) is 4.01. The number of hydrogen-bond donors (Lipinski definition) is 1. The van der Waals surface area contributed by atoms with E-state index in [1.165, 1.54) is 0 Å². The zero-order chi connectivity index (χ0) is 8.97. The largest absolute Gasteiger partial charge is 0.304 e. The molecule has 0 unspecified atom stereocenters. The Hall–Kier alpha value is -0.0900. The van der Waals surface area contributed by atoms with Gasteiger partial charge in [-0.3, -0.25) is 0 Å². The molecule has 0 aromatic heterocycles. The van der Waals surface area contributed by atoms with E-state index in [0.717, 1.165) is 21.5 Å². The molecule has 0 fully saturated rings.